The summed E-state index contributed by atoms with van der Waals surface area (Å²) in [6, 6.07) is 0.470. The molecule has 2 aliphatic rings. The number of carbonyl (C=O) groups excluding carboxylic acids is 1. The van der Waals surface area contributed by atoms with Crippen molar-refractivity contribution in [3.05, 3.63) is 0 Å². The van der Waals surface area contributed by atoms with Crippen molar-refractivity contribution < 1.29 is 4.79 Å². The summed E-state index contributed by atoms with van der Waals surface area (Å²) in [6.45, 7) is 4.61. The first-order valence-electron chi connectivity index (χ1n) is 7.38. The predicted molar refractivity (Wildman–Crippen MR) is 73.0 cm³/mol. The third-order valence-electron chi connectivity index (χ3n) is 4.78. The van der Waals surface area contributed by atoms with E-state index in [1.807, 2.05) is 0 Å². The van der Waals surface area contributed by atoms with Crippen LogP contribution in [0.4, 0.5) is 0 Å². The van der Waals surface area contributed by atoms with Crippen LogP contribution in [0.25, 0.3) is 0 Å². The lowest BCUT2D eigenvalue weighted by molar-refractivity contribution is -0.125. The topological polar surface area (TPSA) is 72.3 Å². The normalized spacial score (nSPS) is 37.9. The zero-order valence-corrected chi connectivity index (χ0v) is 11.5. The van der Waals surface area contributed by atoms with E-state index < -0.39 is 5.54 Å². The Hall–Kier alpha value is -0.610. The largest absolute Gasteiger partial charge is 0.368 e. The summed E-state index contributed by atoms with van der Waals surface area (Å²) in [5.74, 6) is 0.522. The molecule has 1 saturated heterocycles. The standard InChI is InChI=1S/C14H27N3O/c1-2-4-11-6-8-17(10-11)12-5-3-7-14(16,9-12)13(15)18/h11-12H,2-10,16H2,1H3,(H2,15,18). The second-order valence-corrected chi connectivity index (χ2v) is 6.21. The molecule has 0 spiro atoms. The minimum atomic E-state index is -0.758. The zero-order chi connectivity index (χ0) is 13.2. The van der Waals surface area contributed by atoms with Crippen LogP contribution < -0.4 is 11.5 Å². The van der Waals surface area contributed by atoms with Crippen LogP contribution in [0.15, 0.2) is 0 Å². The van der Waals surface area contributed by atoms with Crippen LogP contribution in [-0.4, -0.2) is 35.5 Å². The van der Waals surface area contributed by atoms with E-state index in [2.05, 4.69) is 11.8 Å². The minimum Gasteiger partial charge on any atom is -0.368 e. The summed E-state index contributed by atoms with van der Waals surface area (Å²) in [6.07, 6.45) is 7.60. The molecule has 1 saturated carbocycles. The fraction of sp³-hybridized carbons (Fsp3) is 0.929. The van der Waals surface area contributed by atoms with Crippen LogP contribution in [0.3, 0.4) is 0 Å². The Morgan fingerprint density at radius 1 is 1.44 bits per heavy atom. The Morgan fingerprint density at radius 3 is 2.89 bits per heavy atom. The van der Waals surface area contributed by atoms with Crippen LogP contribution >= 0.6 is 0 Å². The summed E-state index contributed by atoms with van der Waals surface area (Å²) in [5.41, 5.74) is 10.8. The molecule has 0 aromatic heterocycles. The molecule has 1 heterocycles. The van der Waals surface area contributed by atoms with Gasteiger partial charge in [-0.3, -0.25) is 4.79 Å². The first-order valence-corrected chi connectivity index (χ1v) is 7.38. The van der Waals surface area contributed by atoms with Crippen LogP contribution in [0.5, 0.6) is 0 Å². The molecule has 3 atom stereocenters. The summed E-state index contributed by atoms with van der Waals surface area (Å²) in [5, 5.41) is 0. The van der Waals surface area contributed by atoms with Gasteiger partial charge in [-0.1, -0.05) is 13.3 Å². The van der Waals surface area contributed by atoms with Crippen molar-refractivity contribution in [1.82, 2.24) is 4.90 Å². The van der Waals surface area contributed by atoms with Crippen molar-refractivity contribution >= 4 is 5.91 Å². The summed E-state index contributed by atoms with van der Waals surface area (Å²) >= 11 is 0. The van der Waals surface area contributed by atoms with E-state index in [1.165, 1.54) is 38.8 Å². The number of nitrogens with zero attached hydrogens (tertiary/aromatic N) is 1. The first-order chi connectivity index (χ1) is 8.55. The molecule has 0 radical (unpaired) electrons. The maximum Gasteiger partial charge on any atom is 0.237 e. The number of rotatable bonds is 4. The van der Waals surface area contributed by atoms with E-state index in [9.17, 15) is 4.79 Å². The SMILES string of the molecule is CCCC1CCN(C2CCCC(N)(C(N)=O)C2)C1. The van der Waals surface area contributed by atoms with Crippen molar-refractivity contribution in [2.75, 3.05) is 13.1 Å². The third kappa shape index (κ3) is 2.86. The van der Waals surface area contributed by atoms with E-state index in [0.717, 1.165) is 25.2 Å². The smallest absolute Gasteiger partial charge is 0.237 e. The quantitative estimate of drug-likeness (QED) is 0.791. The van der Waals surface area contributed by atoms with Crippen molar-refractivity contribution in [3.63, 3.8) is 0 Å². The fourth-order valence-corrected chi connectivity index (χ4v) is 3.65. The molecule has 0 aromatic carbocycles. The highest BCUT2D eigenvalue weighted by Crippen LogP contribution is 2.33. The lowest BCUT2D eigenvalue weighted by Gasteiger charge is -2.39. The molecular weight excluding hydrogens is 226 g/mol. The number of hydrogen-bond donors (Lipinski definition) is 2. The molecule has 104 valence electrons. The molecule has 2 rings (SSSR count). The van der Waals surface area contributed by atoms with Crippen LogP contribution in [0.2, 0.25) is 0 Å². The van der Waals surface area contributed by atoms with Crippen LogP contribution in [0.1, 0.15) is 51.9 Å². The molecule has 4 heteroatoms. The van der Waals surface area contributed by atoms with Gasteiger partial charge in [-0.25, -0.2) is 0 Å². The number of nitrogens with two attached hydrogens (primary N) is 2. The second kappa shape index (κ2) is 5.57. The maximum absolute atomic E-state index is 11.5. The van der Waals surface area contributed by atoms with Gasteiger partial charge >= 0.3 is 0 Å². The first kappa shape index (κ1) is 13.8. The van der Waals surface area contributed by atoms with Crippen molar-refractivity contribution in [2.24, 2.45) is 17.4 Å². The van der Waals surface area contributed by atoms with Crippen molar-refractivity contribution in [3.8, 4) is 0 Å². The van der Waals surface area contributed by atoms with Gasteiger partial charge in [0, 0.05) is 12.6 Å². The van der Waals surface area contributed by atoms with E-state index in [1.54, 1.807) is 0 Å². The van der Waals surface area contributed by atoms with Gasteiger partial charge in [0.1, 0.15) is 0 Å². The van der Waals surface area contributed by atoms with Crippen LogP contribution in [-0.2, 0) is 4.79 Å². The Kier molecular flexibility index (Phi) is 4.28. The number of likely N-dealkylation sites (tertiary alicyclic amines) is 1. The molecule has 4 N–H and O–H groups in total. The van der Waals surface area contributed by atoms with Gasteiger partial charge in [0.2, 0.25) is 5.91 Å². The Labute approximate surface area is 110 Å². The highest BCUT2D eigenvalue weighted by Gasteiger charge is 2.40. The number of amides is 1. The van der Waals surface area contributed by atoms with E-state index in [-0.39, 0.29) is 5.91 Å². The Balaban J connectivity index is 1.92. The van der Waals surface area contributed by atoms with Gasteiger partial charge in [-0.05, 0) is 51.0 Å². The number of hydrogen-bond acceptors (Lipinski definition) is 3. The molecule has 18 heavy (non-hydrogen) atoms. The molecule has 2 fully saturated rings. The molecular formula is C14H27N3O. The van der Waals surface area contributed by atoms with Gasteiger partial charge in [-0.15, -0.1) is 0 Å². The molecule has 1 aliphatic heterocycles. The van der Waals surface area contributed by atoms with Gasteiger partial charge in [0.25, 0.3) is 0 Å². The molecule has 1 aliphatic carbocycles. The molecule has 0 aromatic rings. The van der Waals surface area contributed by atoms with Crippen molar-refractivity contribution in [2.45, 2.75) is 63.5 Å². The zero-order valence-electron chi connectivity index (χ0n) is 11.5. The number of primary amides is 1. The minimum absolute atomic E-state index is 0.323. The molecule has 0 bridgehead atoms. The maximum atomic E-state index is 11.5. The van der Waals surface area contributed by atoms with Gasteiger partial charge in [-0.2, -0.15) is 0 Å². The summed E-state index contributed by atoms with van der Waals surface area (Å²) in [7, 11) is 0. The van der Waals surface area contributed by atoms with Crippen molar-refractivity contribution in [1.29, 1.82) is 0 Å². The predicted octanol–water partition coefficient (Wildman–Crippen LogP) is 1.23. The average Bonchev–Trinajstić information content (AvgIpc) is 2.78. The molecule has 3 unspecified atom stereocenters. The summed E-state index contributed by atoms with van der Waals surface area (Å²) in [4.78, 5) is 14.0. The second-order valence-electron chi connectivity index (χ2n) is 6.21. The lowest BCUT2D eigenvalue weighted by Crippen LogP contribution is -2.58. The third-order valence-corrected chi connectivity index (χ3v) is 4.78. The van der Waals surface area contributed by atoms with Gasteiger partial charge in [0.05, 0.1) is 5.54 Å². The van der Waals surface area contributed by atoms with Gasteiger partial charge < -0.3 is 16.4 Å². The highest BCUT2D eigenvalue weighted by atomic mass is 16.1. The Bertz CT molecular complexity index is 307. The lowest BCUT2D eigenvalue weighted by atomic mass is 9.78. The van der Waals surface area contributed by atoms with Crippen LogP contribution in [0, 0.1) is 5.92 Å². The molecule has 4 nitrogen and oxygen atoms in total. The van der Waals surface area contributed by atoms with Gasteiger partial charge in [0.15, 0.2) is 0 Å². The Morgan fingerprint density at radius 2 is 2.22 bits per heavy atom. The average molecular weight is 253 g/mol. The monoisotopic (exact) mass is 253 g/mol. The number of carbonyl (C=O) groups is 1. The fourth-order valence-electron chi connectivity index (χ4n) is 3.65. The summed E-state index contributed by atoms with van der Waals surface area (Å²) < 4.78 is 0. The van der Waals surface area contributed by atoms with E-state index >= 15 is 0 Å². The van der Waals surface area contributed by atoms with E-state index in [0.29, 0.717) is 6.04 Å². The molecule has 1 amide bonds. The van der Waals surface area contributed by atoms with E-state index in [4.69, 9.17) is 11.5 Å². The highest BCUT2D eigenvalue weighted by molar-refractivity contribution is 5.84.